The van der Waals surface area contributed by atoms with Gasteiger partial charge in [-0.3, -0.25) is 10.1 Å². The van der Waals surface area contributed by atoms with E-state index in [-0.39, 0.29) is 16.5 Å². The van der Waals surface area contributed by atoms with E-state index < -0.39 is 29.4 Å². The zero-order chi connectivity index (χ0) is 19.4. The summed E-state index contributed by atoms with van der Waals surface area (Å²) in [6.07, 6.45) is 0. The number of thiazole rings is 1. The van der Waals surface area contributed by atoms with Crippen LogP contribution in [0, 0.1) is 17.5 Å². The number of benzene rings is 2. The molecule has 0 saturated carbocycles. The molecule has 0 bridgehead atoms. The van der Waals surface area contributed by atoms with Crippen LogP contribution >= 0.6 is 11.3 Å². The van der Waals surface area contributed by atoms with Crippen LogP contribution in [0.2, 0.25) is 0 Å². The van der Waals surface area contributed by atoms with E-state index in [9.17, 15) is 22.8 Å². The fourth-order valence-corrected chi connectivity index (χ4v) is 2.68. The van der Waals surface area contributed by atoms with Crippen LogP contribution in [0.25, 0.3) is 0 Å². The van der Waals surface area contributed by atoms with Crippen LogP contribution in [0.4, 0.5) is 34.5 Å². The van der Waals surface area contributed by atoms with Gasteiger partial charge in [0, 0.05) is 22.8 Å². The monoisotopic (exact) mass is 392 g/mol. The van der Waals surface area contributed by atoms with Gasteiger partial charge < -0.3 is 10.6 Å². The minimum atomic E-state index is -1.09. The number of rotatable bonds is 4. The molecule has 0 saturated heterocycles. The summed E-state index contributed by atoms with van der Waals surface area (Å²) in [6.45, 7) is 0. The zero-order valence-electron chi connectivity index (χ0n) is 13.4. The SMILES string of the molecule is O=C(Nc1ccc(F)cc1)Nc1nc(C(=O)Nc2ccc(F)c(F)c2)cs1. The predicted octanol–water partition coefficient (Wildman–Crippen LogP) is 4.46. The van der Waals surface area contributed by atoms with Gasteiger partial charge in [-0.25, -0.2) is 22.9 Å². The van der Waals surface area contributed by atoms with Gasteiger partial charge in [-0.1, -0.05) is 0 Å². The molecular weight excluding hydrogens is 381 g/mol. The number of nitrogens with one attached hydrogen (secondary N) is 3. The molecule has 3 N–H and O–H groups in total. The van der Waals surface area contributed by atoms with Crippen molar-refractivity contribution < 1.29 is 22.8 Å². The summed E-state index contributed by atoms with van der Waals surface area (Å²) in [5.74, 6) is -3.20. The first-order valence-corrected chi connectivity index (χ1v) is 8.34. The molecule has 0 unspecified atom stereocenters. The summed E-state index contributed by atoms with van der Waals surface area (Å²) in [4.78, 5) is 27.9. The summed E-state index contributed by atoms with van der Waals surface area (Å²) in [6, 6.07) is 7.48. The molecule has 0 fully saturated rings. The maximum atomic E-state index is 13.2. The quantitative estimate of drug-likeness (QED) is 0.613. The van der Waals surface area contributed by atoms with Gasteiger partial charge in [-0.15, -0.1) is 11.3 Å². The van der Waals surface area contributed by atoms with E-state index in [1.165, 1.54) is 35.7 Å². The van der Waals surface area contributed by atoms with E-state index in [1.807, 2.05) is 0 Å². The highest BCUT2D eigenvalue weighted by atomic mass is 32.1. The van der Waals surface area contributed by atoms with Crippen LogP contribution in [-0.2, 0) is 0 Å². The molecule has 10 heteroatoms. The topological polar surface area (TPSA) is 83.1 Å². The molecule has 3 rings (SSSR count). The molecule has 0 aliphatic rings. The molecule has 0 aliphatic heterocycles. The molecule has 1 aromatic heterocycles. The van der Waals surface area contributed by atoms with Crippen molar-refractivity contribution in [2.45, 2.75) is 0 Å². The lowest BCUT2D eigenvalue weighted by atomic mass is 10.3. The Morgan fingerprint density at radius 3 is 2.26 bits per heavy atom. The molecule has 0 spiro atoms. The van der Waals surface area contributed by atoms with Gasteiger partial charge >= 0.3 is 6.03 Å². The van der Waals surface area contributed by atoms with Gasteiger partial charge in [-0.05, 0) is 36.4 Å². The second-order valence-corrected chi connectivity index (χ2v) is 6.07. The average molecular weight is 392 g/mol. The second-order valence-electron chi connectivity index (χ2n) is 5.21. The molecule has 138 valence electrons. The third kappa shape index (κ3) is 4.82. The first kappa shape index (κ1) is 18.4. The minimum Gasteiger partial charge on any atom is -0.321 e. The van der Waals surface area contributed by atoms with E-state index in [0.29, 0.717) is 5.69 Å². The van der Waals surface area contributed by atoms with Crippen LogP contribution in [0.1, 0.15) is 10.5 Å². The van der Waals surface area contributed by atoms with Crippen molar-refractivity contribution in [3.63, 3.8) is 0 Å². The number of carbonyl (C=O) groups is 2. The molecule has 2 aromatic carbocycles. The first-order valence-electron chi connectivity index (χ1n) is 7.46. The predicted molar refractivity (Wildman–Crippen MR) is 95.5 cm³/mol. The van der Waals surface area contributed by atoms with Crippen molar-refractivity contribution in [3.05, 3.63) is 71.0 Å². The Bertz CT molecular complexity index is 992. The summed E-state index contributed by atoms with van der Waals surface area (Å²) in [5, 5.41) is 8.82. The van der Waals surface area contributed by atoms with Crippen LogP contribution in [0.3, 0.4) is 0 Å². The van der Waals surface area contributed by atoms with Gasteiger partial charge in [0.05, 0.1) is 0 Å². The number of carbonyl (C=O) groups excluding carboxylic acids is 2. The molecule has 3 aromatic rings. The van der Waals surface area contributed by atoms with E-state index in [1.54, 1.807) is 0 Å². The number of amides is 3. The van der Waals surface area contributed by atoms with E-state index in [4.69, 9.17) is 0 Å². The minimum absolute atomic E-state index is 0.0122. The summed E-state index contributed by atoms with van der Waals surface area (Å²) >= 11 is 0.997. The number of hydrogen-bond donors (Lipinski definition) is 3. The van der Waals surface area contributed by atoms with Crippen molar-refractivity contribution in [2.75, 3.05) is 16.0 Å². The number of anilines is 3. The Morgan fingerprint density at radius 2 is 1.56 bits per heavy atom. The number of urea groups is 1. The van der Waals surface area contributed by atoms with Crippen LogP contribution in [0.15, 0.2) is 47.8 Å². The number of aromatic nitrogens is 1. The van der Waals surface area contributed by atoms with E-state index >= 15 is 0 Å². The highest BCUT2D eigenvalue weighted by Crippen LogP contribution is 2.19. The molecule has 27 heavy (non-hydrogen) atoms. The van der Waals surface area contributed by atoms with E-state index in [0.717, 1.165) is 23.5 Å². The van der Waals surface area contributed by atoms with Crippen molar-refractivity contribution in [2.24, 2.45) is 0 Å². The number of hydrogen-bond acceptors (Lipinski definition) is 4. The Labute approximate surface area is 155 Å². The third-order valence-electron chi connectivity index (χ3n) is 3.24. The van der Waals surface area contributed by atoms with Crippen LogP contribution < -0.4 is 16.0 Å². The lowest BCUT2D eigenvalue weighted by Crippen LogP contribution is -2.19. The molecule has 6 nitrogen and oxygen atoms in total. The van der Waals surface area contributed by atoms with E-state index in [2.05, 4.69) is 20.9 Å². The standard InChI is InChI=1S/C17H11F3N4O2S/c18-9-1-3-10(4-2-9)22-16(26)24-17-23-14(8-27-17)15(25)21-11-5-6-12(19)13(20)7-11/h1-8H,(H,21,25)(H2,22,23,24,26). The van der Waals surface area contributed by atoms with Crippen molar-refractivity contribution in [3.8, 4) is 0 Å². The molecule has 1 heterocycles. The van der Waals surface area contributed by atoms with Gasteiger partial charge in [0.2, 0.25) is 0 Å². The maximum absolute atomic E-state index is 13.2. The first-order chi connectivity index (χ1) is 12.9. The normalized spacial score (nSPS) is 10.3. The summed E-state index contributed by atoms with van der Waals surface area (Å²) in [5.41, 5.74) is 0.430. The molecule has 0 radical (unpaired) electrons. The van der Waals surface area contributed by atoms with Gasteiger partial charge in [0.1, 0.15) is 11.5 Å². The van der Waals surface area contributed by atoms with Gasteiger partial charge in [-0.2, -0.15) is 0 Å². The number of nitrogens with zero attached hydrogens (tertiary/aromatic N) is 1. The molecular formula is C17H11F3N4O2S. The van der Waals surface area contributed by atoms with Crippen LogP contribution in [0.5, 0.6) is 0 Å². The fourth-order valence-electron chi connectivity index (χ4n) is 2.00. The van der Waals surface area contributed by atoms with Crippen molar-refractivity contribution in [1.29, 1.82) is 0 Å². The zero-order valence-corrected chi connectivity index (χ0v) is 14.2. The Balaban J connectivity index is 1.60. The average Bonchev–Trinajstić information content (AvgIpc) is 3.08. The highest BCUT2D eigenvalue weighted by molar-refractivity contribution is 7.14. The number of halogens is 3. The third-order valence-corrected chi connectivity index (χ3v) is 3.99. The van der Waals surface area contributed by atoms with Crippen molar-refractivity contribution in [1.82, 2.24) is 4.98 Å². The van der Waals surface area contributed by atoms with Gasteiger partial charge in [0.25, 0.3) is 5.91 Å². The Morgan fingerprint density at radius 1 is 0.852 bits per heavy atom. The fraction of sp³-hybridized carbons (Fsp3) is 0. The van der Waals surface area contributed by atoms with Crippen molar-refractivity contribution >= 4 is 39.8 Å². The smallest absolute Gasteiger partial charge is 0.321 e. The van der Waals surface area contributed by atoms with Gasteiger partial charge in [0.15, 0.2) is 16.8 Å². The molecule has 0 aliphatic carbocycles. The molecule has 0 atom stereocenters. The second kappa shape index (κ2) is 7.87. The summed E-state index contributed by atoms with van der Waals surface area (Å²) < 4.78 is 38.9. The Hall–Kier alpha value is -3.40. The summed E-state index contributed by atoms with van der Waals surface area (Å²) in [7, 11) is 0. The lowest BCUT2D eigenvalue weighted by molar-refractivity contribution is 0.102. The maximum Gasteiger partial charge on any atom is 0.325 e. The highest BCUT2D eigenvalue weighted by Gasteiger charge is 2.14. The Kier molecular flexibility index (Phi) is 5.36. The van der Waals surface area contributed by atoms with Crippen LogP contribution in [-0.4, -0.2) is 16.9 Å². The molecule has 3 amide bonds. The lowest BCUT2D eigenvalue weighted by Gasteiger charge is -2.05. The largest absolute Gasteiger partial charge is 0.325 e.